The maximum atomic E-state index is 11.9. The van der Waals surface area contributed by atoms with E-state index in [1.54, 1.807) is 30.3 Å². The van der Waals surface area contributed by atoms with Gasteiger partial charge in [0, 0.05) is 11.6 Å². The van der Waals surface area contributed by atoms with Crippen LogP contribution < -0.4 is 4.31 Å². The molecule has 0 saturated carbocycles. The van der Waals surface area contributed by atoms with Gasteiger partial charge in [-0.25, -0.2) is 8.42 Å². The summed E-state index contributed by atoms with van der Waals surface area (Å²) in [5, 5.41) is 0. The quantitative estimate of drug-likeness (QED) is 0.645. The van der Waals surface area contributed by atoms with Crippen molar-refractivity contribution in [3.05, 3.63) is 72.3 Å². The standard InChI is InChI=1S/C17H15NO2S/c1-3-15-9-7-8-10-16(15)13-14-18(21(2,19)20)17-11-5-4-6-12-17/h3-12H,1H2,2H3. The van der Waals surface area contributed by atoms with E-state index in [2.05, 4.69) is 18.5 Å². The SMILES string of the molecule is C=Cc1ccccc1C#CN(c1ccccc1)S(C)(=O)=O. The lowest BCUT2D eigenvalue weighted by Crippen LogP contribution is -2.24. The Morgan fingerprint density at radius 3 is 2.29 bits per heavy atom. The van der Waals surface area contributed by atoms with Gasteiger partial charge in [0.15, 0.2) is 0 Å². The Morgan fingerprint density at radius 1 is 1.05 bits per heavy atom. The lowest BCUT2D eigenvalue weighted by molar-refractivity contribution is 0.602. The van der Waals surface area contributed by atoms with Crippen molar-refractivity contribution in [2.45, 2.75) is 0 Å². The number of sulfonamides is 1. The molecule has 0 radical (unpaired) electrons. The van der Waals surface area contributed by atoms with Crippen molar-refractivity contribution in [3.8, 4) is 12.0 Å². The summed E-state index contributed by atoms with van der Waals surface area (Å²) in [6.45, 7) is 3.73. The molecule has 2 aromatic carbocycles. The summed E-state index contributed by atoms with van der Waals surface area (Å²) in [5.41, 5.74) is 2.12. The molecule has 4 heteroatoms. The maximum absolute atomic E-state index is 11.9. The average molecular weight is 297 g/mol. The zero-order valence-corrected chi connectivity index (χ0v) is 12.5. The molecule has 0 aliphatic heterocycles. The summed E-state index contributed by atoms with van der Waals surface area (Å²) in [7, 11) is -3.47. The summed E-state index contributed by atoms with van der Waals surface area (Å²) in [4.78, 5) is 0. The van der Waals surface area contributed by atoms with Crippen molar-refractivity contribution in [2.75, 3.05) is 10.6 Å². The zero-order valence-electron chi connectivity index (χ0n) is 11.7. The van der Waals surface area contributed by atoms with Gasteiger partial charge in [0.1, 0.15) is 0 Å². The van der Waals surface area contributed by atoms with Gasteiger partial charge in [-0.3, -0.25) is 0 Å². The average Bonchev–Trinajstić information content (AvgIpc) is 2.47. The van der Waals surface area contributed by atoms with E-state index in [0.717, 1.165) is 21.7 Å². The highest BCUT2D eigenvalue weighted by Crippen LogP contribution is 2.16. The number of hydrogen-bond acceptors (Lipinski definition) is 2. The Bertz CT molecular complexity index is 799. The summed E-state index contributed by atoms with van der Waals surface area (Å²) in [6.07, 6.45) is 2.82. The minimum Gasteiger partial charge on any atom is -0.206 e. The van der Waals surface area contributed by atoms with Crippen molar-refractivity contribution in [1.82, 2.24) is 0 Å². The fraction of sp³-hybridized carbons (Fsp3) is 0.0588. The summed E-state index contributed by atoms with van der Waals surface area (Å²) in [5.74, 6) is 2.89. The third-order valence-electron chi connectivity index (χ3n) is 2.80. The third-order valence-corrected chi connectivity index (χ3v) is 3.76. The minimum atomic E-state index is -3.47. The maximum Gasteiger partial charge on any atom is 0.243 e. The van der Waals surface area contributed by atoms with Gasteiger partial charge in [-0.2, -0.15) is 4.31 Å². The molecule has 0 spiro atoms. The number of rotatable bonds is 3. The predicted octanol–water partition coefficient (Wildman–Crippen LogP) is 3.10. The molecule has 0 unspecified atom stereocenters. The van der Waals surface area contributed by atoms with Gasteiger partial charge in [0.25, 0.3) is 0 Å². The van der Waals surface area contributed by atoms with Crippen LogP contribution in [-0.4, -0.2) is 14.7 Å². The summed E-state index contributed by atoms with van der Waals surface area (Å²) < 4.78 is 24.9. The summed E-state index contributed by atoms with van der Waals surface area (Å²) >= 11 is 0. The van der Waals surface area contributed by atoms with Crippen LogP contribution in [0.5, 0.6) is 0 Å². The van der Waals surface area contributed by atoms with Crippen molar-refractivity contribution in [3.63, 3.8) is 0 Å². The third kappa shape index (κ3) is 3.74. The molecular weight excluding hydrogens is 282 g/mol. The Labute approximate surface area is 125 Å². The van der Waals surface area contributed by atoms with Crippen molar-refractivity contribution in [2.24, 2.45) is 0 Å². The van der Waals surface area contributed by atoms with Crippen LogP contribution >= 0.6 is 0 Å². The number of para-hydroxylation sites is 1. The van der Waals surface area contributed by atoms with E-state index in [9.17, 15) is 8.42 Å². The molecule has 0 atom stereocenters. The molecule has 0 saturated heterocycles. The number of benzene rings is 2. The Hall–Kier alpha value is -2.51. The highest BCUT2D eigenvalue weighted by molar-refractivity contribution is 7.92. The first-order valence-corrected chi connectivity index (χ1v) is 8.15. The van der Waals surface area contributed by atoms with Crippen LogP contribution in [0.4, 0.5) is 5.69 Å². The van der Waals surface area contributed by atoms with E-state index >= 15 is 0 Å². The second-order valence-electron chi connectivity index (χ2n) is 4.39. The van der Waals surface area contributed by atoms with Gasteiger partial charge in [-0.15, -0.1) is 0 Å². The molecule has 21 heavy (non-hydrogen) atoms. The van der Waals surface area contributed by atoms with E-state index in [1.165, 1.54) is 0 Å². The molecule has 0 fully saturated rings. The first kappa shape index (κ1) is 14.9. The van der Waals surface area contributed by atoms with E-state index in [1.807, 2.05) is 30.3 Å². The van der Waals surface area contributed by atoms with Gasteiger partial charge < -0.3 is 0 Å². The van der Waals surface area contributed by atoms with Crippen LogP contribution in [-0.2, 0) is 10.0 Å². The van der Waals surface area contributed by atoms with Gasteiger partial charge in [0.2, 0.25) is 10.0 Å². The van der Waals surface area contributed by atoms with Crippen LogP contribution in [0.25, 0.3) is 6.08 Å². The molecule has 0 aliphatic rings. The lowest BCUT2D eigenvalue weighted by Gasteiger charge is -2.14. The van der Waals surface area contributed by atoms with Crippen LogP contribution in [0.1, 0.15) is 11.1 Å². The first-order valence-electron chi connectivity index (χ1n) is 6.31. The highest BCUT2D eigenvalue weighted by Gasteiger charge is 2.14. The zero-order chi connectivity index (χ0) is 15.3. The monoisotopic (exact) mass is 297 g/mol. The fourth-order valence-corrected chi connectivity index (χ4v) is 2.52. The Morgan fingerprint density at radius 2 is 1.67 bits per heavy atom. The molecule has 2 rings (SSSR count). The van der Waals surface area contributed by atoms with E-state index < -0.39 is 10.0 Å². The Kier molecular flexibility index (Phi) is 4.46. The molecule has 0 N–H and O–H groups in total. The second kappa shape index (κ2) is 6.29. The topological polar surface area (TPSA) is 37.4 Å². The molecular formula is C17H15NO2S. The lowest BCUT2D eigenvalue weighted by atomic mass is 10.1. The number of nitrogens with zero attached hydrogens (tertiary/aromatic N) is 1. The van der Waals surface area contributed by atoms with Gasteiger partial charge in [-0.1, -0.05) is 49.1 Å². The highest BCUT2D eigenvalue weighted by atomic mass is 32.2. The fourth-order valence-electron chi connectivity index (χ4n) is 1.80. The molecule has 3 nitrogen and oxygen atoms in total. The normalized spacial score (nSPS) is 10.3. The van der Waals surface area contributed by atoms with Crippen LogP contribution in [0.2, 0.25) is 0 Å². The van der Waals surface area contributed by atoms with Crippen molar-refractivity contribution in [1.29, 1.82) is 0 Å². The molecule has 0 aromatic heterocycles. The Balaban J connectivity index is 2.47. The minimum absolute atomic E-state index is 0.517. The smallest absolute Gasteiger partial charge is 0.206 e. The summed E-state index contributed by atoms with van der Waals surface area (Å²) in [6, 6.07) is 18.9. The molecule has 2 aromatic rings. The van der Waals surface area contributed by atoms with E-state index in [4.69, 9.17) is 0 Å². The molecule has 0 heterocycles. The molecule has 0 amide bonds. The van der Waals surface area contributed by atoms with Crippen LogP contribution in [0, 0.1) is 12.0 Å². The molecule has 106 valence electrons. The largest absolute Gasteiger partial charge is 0.243 e. The second-order valence-corrected chi connectivity index (χ2v) is 6.22. The van der Waals surface area contributed by atoms with Gasteiger partial charge in [-0.05, 0) is 29.7 Å². The van der Waals surface area contributed by atoms with Crippen molar-refractivity contribution >= 4 is 21.8 Å². The van der Waals surface area contributed by atoms with Crippen LogP contribution in [0.3, 0.4) is 0 Å². The van der Waals surface area contributed by atoms with Crippen LogP contribution in [0.15, 0.2) is 61.2 Å². The van der Waals surface area contributed by atoms with Gasteiger partial charge in [0.05, 0.1) is 11.9 Å². The number of hydrogen-bond donors (Lipinski definition) is 0. The van der Waals surface area contributed by atoms with E-state index in [-0.39, 0.29) is 0 Å². The molecule has 0 aliphatic carbocycles. The van der Waals surface area contributed by atoms with E-state index in [0.29, 0.717) is 5.69 Å². The van der Waals surface area contributed by atoms with Crippen molar-refractivity contribution < 1.29 is 8.42 Å². The van der Waals surface area contributed by atoms with Gasteiger partial charge >= 0.3 is 0 Å². The number of anilines is 1. The first-order chi connectivity index (χ1) is 10.0. The molecule has 0 bridgehead atoms. The predicted molar refractivity (Wildman–Crippen MR) is 87.2 cm³/mol.